The van der Waals surface area contributed by atoms with Crippen LogP contribution >= 0.6 is 0 Å². The number of rotatable bonds is 27. The van der Waals surface area contributed by atoms with Gasteiger partial charge in [0, 0.05) is 73.5 Å². The molecule has 0 bridgehead atoms. The van der Waals surface area contributed by atoms with Gasteiger partial charge in [-0.3, -0.25) is 48.6 Å². The Morgan fingerprint density at radius 3 is 2.11 bits per heavy atom. The van der Waals surface area contributed by atoms with Gasteiger partial charge in [-0.05, 0) is 87.5 Å². The number of carbonyl (C=O) groups is 10. The average molecular weight is 1240 g/mol. The molecule has 4 atom stereocenters. The van der Waals surface area contributed by atoms with Crippen LogP contribution in [-0.2, 0) is 83.4 Å². The number of aliphatic hydroxyl groups excluding tert-OH is 1. The van der Waals surface area contributed by atoms with E-state index in [1.54, 1.807) is 32.5 Å². The maximum atomic E-state index is 15.0. The second kappa shape index (κ2) is 42.2. The van der Waals surface area contributed by atoms with Crippen molar-refractivity contribution in [1.29, 1.82) is 0 Å². The van der Waals surface area contributed by atoms with Gasteiger partial charge in [-0.15, -0.1) is 0 Å². The van der Waals surface area contributed by atoms with Crippen LogP contribution in [0.25, 0.3) is 22.3 Å². The molecule has 0 saturated heterocycles. The summed E-state index contributed by atoms with van der Waals surface area (Å²) in [5.74, 6) is -2.55. The average Bonchev–Trinajstić information content (AvgIpc) is 1.66. The summed E-state index contributed by atoms with van der Waals surface area (Å²) in [5, 5.41) is 34.0. The van der Waals surface area contributed by atoms with E-state index >= 15 is 4.39 Å². The van der Waals surface area contributed by atoms with Crippen LogP contribution in [0.4, 0.5) is 4.39 Å². The number of aliphatic hydroxyl groups is 1. The van der Waals surface area contributed by atoms with E-state index < -0.39 is 23.8 Å². The first kappa shape index (κ1) is 76.4. The number of ether oxygens (including phenoxy) is 2. The van der Waals surface area contributed by atoms with Gasteiger partial charge in [-0.25, -0.2) is 9.37 Å². The zero-order chi connectivity index (χ0) is 66.4. The number of nitrogens with one attached hydrogen (secondary N) is 7. The zero-order valence-corrected chi connectivity index (χ0v) is 52.0. The van der Waals surface area contributed by atoms with Gasteiger partial charge >= 0.3 is 0 Å². The van der Waals surface area contributed by atoms with Crippen molar-refractivity contribution >= 4 is 72.2 Å². The summed E-state index contributed by atoms with van der Waals surface area (Å²) in [4.78, 5) is 128. The fourth-order valence-electron chi connectivity index (χ4n) is 9.36. The summed E-state index contributed by atoms with van der Waals surface area (Å²) in [5.41, 5.74) is 7.10. The van der Waals surface area contributed by atoms with Crippen LogP contribution in [0.15, 0.2) is 71.7 Å². The molecule has 1 saturated carbocycles. The third kappa shape index (κ3) is 24.1. The van der Waals surface area contributed by atoms with Gasteiger partial charge in [0.25, 0.3) is 23.8 Å². The third-order valence-corrected chi connectivity index (χ3v) is 13.7. The summed E-state index contributed by atoms with van der Waals surface area (Å²) in [6, 6.07) is 11.9. The molecule has 8 rings (SSSR count). The van der Waals surface area contributed by atoms with E-state index in [-0.39, 0.29) is 93.8 Å². The van der Waals surface area contributed by atoms with Crippen LogP contribution in [0, 0.1) is 12.7 Å². The first-order chi connectivity index (χ1) is 42.9. The second-order valence-corrected chi connectivity index (χ2v) is 20.1. The van der Waals surface area contributed by atoms with Gasteiger partial charge in [0.15, 0.2) is 0 Å². The van der Waals surface area contributed by atoms with E-state index in [1.807, 2.05) is 43.3 Å². The number of aldehydes is 3. The van der Waals surface area contributed by atoms with Crippen molar-refractivity contribution in [3.05, 3.63) is 122 Å². The number of halogens is 1. The van der Waals surface area contributed by atoms with Gasteiger partial charge < -0.3 is 70.5 Å². The van der Waals surface area contributed by atoms with Crippen molar-refractivity contribution in [1.82, 2.24) is 51.7 Å². The fourth-order valence-corrected chi connectivity index (χ4v) is 9.36. The fraction of sp³-hybridized carbons (Fsp3) is 0.460. The van der Waals surface area contributed by atoms with Crippen LogP contribution in [0.2, 0.25) is 0 Å². The van der Waals surface area contributed by atoms with Crippen molar-refractivity contribution in [2.24, 2.45) is 0 Å². The second-order valence-electron chi connectivity index (χ2n) is 20.1. The molecular weight excluding hydrogens is 1160 g/mol. The van der Waals surface area contributed by atoms with Crippen LogP contribution in [0.1, 0.15) is 117 Å². The molecule has 2 aliphatic carbocycles. The molecule has 4 heterocycles. The minimum Gasteiger partial charge on any atom is -0.483 e. The number of carbonyl (C=O) groups excluding carboxylic acids is 9. The van der Waals surface area contributed by atoms with Gasteiger partial charge in [0.05, 0.1) is 62.0 Å². The Hall–Kier alpha value is -8.69. The molecule has 0 radical (unpaired) electrons. The monoisotopic (exact) mass is 1240 g/mol. The number of carboxylic acid groups (broad SMARTS) is 1. The number of likely N-dealkylation sites (N-methyl/N-ethyl adjacent to an activating group) is 2. The minimum atomic E-state index is -0.562. The highest BCUT2D eigenvalue weighted by atomic mass is 19.1. The topological polar surface area (TPSA) is 352 Å². The van der Waals surface area contributed by atoms with Crippen molar-refractivity contribution in [3.63, 3.8) is 0 Å². The molecule has 25 nitrogen and oxygen atoms in total. The summed E-state index contributed by atoms with van der Waals surface area (Å²) >= 11 is 0. The molecular formula is C63H87FN10O15. The Morgan fingerprint density at radius 2 is 1.58 bits per heavy atom. The van der Waals surface area contributed by atoms with Crippen molar-refractivity contribution in [3.8, 4) is 11.4 Å². The number of pyridine rings is 2. The Morgan fingerprint density at radius 1 is 0.921 bits per heavy atom. The molecule has 1 fully saturated rings. The number of imide groups is 1. The van der Waals surface area contributed by atoms with Gasteiger partial charge in [-0.1, -0.05) is 76.4 Å². The largest absolute Gasteiger partial charge is 0.483 e. The van der Waals surface area contributed by atoms with Crippen molar-refractivity contribution in [2.45, 2.75) is 123 Å². The molecule has 4 aromatic rings. The number of hydrogen-bond acceptors (Lipinski definition) is 18. The van der Waals surface area contributed by atoms with E-state index in [0.29, 0.717) is 84.2 Å². The molecule has 2 aromatic carbocycles. The smallest absolute Gasteiger partial charge is 0.290 e. The molecule has 2 aromatic heterocycles. The number of methoxy groups -OCH3 is 1. The molecule has 6 amide bonds. The molecule has 2 aliphatic heterocycles. The van der Waals surface area contributed by atoms with Crippen LogP contribution < -0.4 is 42.8 Å². The van der Waals surface area contributed by atoms with Crippen molar-refractivity contribution < 1.29 is 72.0 Å². The summed E-state index contributed by atoms with van der Waals surface area (Å²) < 4.78 is 27.3. The number of aryl methyl sites for hydroxylation is 1. The van der Waals surface area contributed by atoms with Crippen LogP contribution in [0.5, 0.6) is 0 Å². The molecule has 9 N–H and O–H groups in total. The van der Waals surface area contributed by atoms with E-state index in [2.05, 4.69) is 50.7 Å². The zero-order valence-electron chi connectivity index (χ0n) is 52.0. The normalized spacial score (nSPS) is 14.1. The molecule has 0 spiro atoms. The lowest BCUT2D eigenvalue weighted by Gasteiger charge is -2.29. The Labute approximate surface area is 518 Å². The predicted octanol–water partition coefficient (Wildman–Crippen LogP) is 2.87. The third-order valence-electron chi connectivity index (χ3n) is 13.7. The lowest BCUT2D eigenvalue weighted by Crippen LogP contribution is -2.46. The first-order valence-corrected chi connectivity index (χ1v) is 29.1. The Balaban J connectivity index is 0.000000449. The Bertz CT molecular complexity index is 3080. The SMILES string of the molecule is C1CC1.C=C(CNC=O)NC(Cc1ccccc1)C(=O)NCC=O.CCC(C=O)c1cc2n(c(=O)c1COC)Cc1c-2nc2cc(F)c(C)c3c2c1C(NC(=O)COCNC)CC3.CCCC(C=O)NC.CCNC(=O)CN1C(=O)C=CC1=O.CO.O=CO. The highest BCUT2D eigenvalue weighted by Crippen LogP contribution is 2.45. The van der Waals surface area contributed by atoms with Gasteiger partial charge in [0.1, 0.15) is 43.9 Å². The molecule has 89 heavy (non-hydrogen) atoms. The van der Waals surface area contributed by atoms with E-state index in [1.165, 1.54) is 32.4 Å². The number of nitrogens with zero attached hydrogens (tertiary/aromatic N) is 3. The van der Waals surface area contributed by atoms with Gasteiger partial charge in [0.2, 0.25) is 24.1 Å². The van der Waals surface area contributed by atoms with Crippen molar-refractivity contribution in [2.75, 3.05) is 67.8 Å². The number of amides is 6. The number of fused-ring (bicyclic) bond motifs is 4. The maximum Gasteiger partial charge on any atom is 0.290 e. The molecule has 4 aliphatic rings. The highest BCUT2D eigenvalue weighted by Gasteiger charge is 2.36. The molecule has 26 heteroatoms. The molecule has 486 valence electrons. The van der Waals surface area contributed by atoms with E-state index in [9.17, 15) is 47.9 Å². The summed E-state index contributed by atoms with van der Waals surface area (Å²) in [7, 11) is 6.05. The van der Waals surface area contributed by atoms with Crippen LogP contribution in [-0.4, -0.2) is 166 Å². The standard InChI is InChI=1S/C29H33FN4O5.C15H19N3O3.C8H10N2O3.C6H13NO.C3H6.CH2O2.CH4O/c1-5-16(11-35)18-8-24-28-19(10-34(24)29(37)20(18)12-38-4)27-22(32-25(36)13-39-14-31-3)7-6-17-15(2)21(30)9-23(33-28)26(17)27;1-12(10-16-11-20)18-14(15(21)17-7-8-19)9-13-5-3-2-4-6-13;1-2-9-6(11)5-10-7(12)3-4-8(10)13;1-3-4-6(5-8)7-2;1-2-3-1;2-1-3;1-2/h8-9,11,16,22,31H,5-7,10,12-14H2,1-4H3,(H,32,36);2-6,8,11,14,18H,1,7,9-10H2,(H,16,20)(H,17,21);3-4H,2,5H2,1H3,(H,9,11);5-7H,3-4H2,1-2H3;1-3H2;1H,(H,2,3);2H,1H3. The quantitative estimate of drug-likeness (QED) is 0.0158. The van der Waals surface area contributed by atoms with E-state index in [4.69, 9.17) is 29.5 Å². The van der Waals surface area contributed by atoms with Gasteiger partial charge in [-0.2, -0.15) is 0 Å². The Kier molecular flexibility index (Phi) is 36.3. The predicted molar refractivity (Wildman–Crippen MR) is 333 cm³/mol. The lowest BCUT2D eigenvalue weighted by molar-refractivity contribution is -0.141. The lowest BCUT2D eigenvalue weighted by atomic mass is 9.81. The first-order valence-electron chi connectivity index (χ1n) is 29.1. The van der Waals surface area contributed by atoms with E-state index in [0.717, 1.165) is 77.2 Å². The minimum absolute atomic E-state index is 0.0368. The summed E-state index contributed by atoms with van der Waals surface area (Å²) in [6.45, 7) is 12.0. The summed E-state index contributed by atoms with van der Waals surface area (Å²) in [6.07, 6.45) is 13.9. The number of benzene rings is 2. The highest BCUT2D eigenvalue weighted by molar-refractivity contribution is 6.14. The molecule has 4 unspecified atom stereocenters. The number of hydrogen-bond donors (Lipinski definition) is 9. The maximum absolute atomic E-state index is 15.0. The number of aromatic nitrogens is 2. The van der Waals surface area contributed by atoms with Crippen LogP contribution in [0.3, 0.4) is 0 Å².